The largest absolute Gasteiger partial charge is 0.455 e. The van der Waals surface area contributed by atoms with Crippen LogP contribution < -0.4 is 10.6 Å². The number of aliphatic imine (C=N–C) groups is 2. The first kappa shape index (κ1) is 40.4. The molecule has 6 heterocycles. The van der Waals surface area contributed by atoms with Gasteiger partial charge >= 0.3 is 12.2 Å². The fraction of sp³-hybridized carbons (Fsp3) is 0.250. The summed E-state index contributed by atoms with van der Waals surface area (Å²) in [7, 11) is 2.56. The molecule has 1 fully saturated rings. The molecule has 0 saturated carbocycles. The van der Waals surface area contributed by atoms with Crippen molar-refractivity contribution >= 4 is 68.2 Å². The van der Waals surface area contributed by atoms with Gasteiger partial charge in [0.1, 0.15) is 23.4 Å². The topological polar surface area (TPSA) is 155 Å². The fourth-order valence-corrected chi connectivity index (χ4v) is 9.58. The van der Waals surface area contributed by atoms with Crippen molar-refractivity contribution in [2.24, 2.45) is 9.98 Å². The number of amides is 4. The normalized spacial score (nSPS) is 19.1. The number of fused-ring (bicyclic) bond motifs is 1. The van der Waals surface area contributed by atoms with Crippen molar-refractivity contribution in [3.05, 3.63) is 143 Å². The van der Waals surface area contributed by atoms with Gasteiger partial charge in [0, 0.05) is 66.3 Å². The highest BCUT2D eigenvalue weighted by molar-refractivity contribution is 7.20. The van der Waals surface area contributed by atoms with Crippen LogP contribution in [-0.4, -0.2) is 84.6 Å². The third-order valence-electron chi connectivity index (χ3n) is 11.7. The first-order valence-electron chi connectivity index (χ1n) is 20.5. The minimum Gasteiger partial charge on any atom is -0.455 e. The lowest BCUT2D eigenvalue weighted by molar-refractivity contribution is -0.133. The summed E-state index contributed by atoms with van der Waals surface area (Å²) < 4.78 is 17.1. The molecule has 4 amide bonds. The molecule has 0 unspecified atom stereocenters. The van der Waals surface area contributed by atoms with E-state index in [-0.39, 0.29) is 23.9 Å². The van der Waals surface area contributed by atoms with Gasteiger partial charge in [0.15, 0.2) is 0 Å². The summed E-state index contributed by atoms with van der Waals surface area (Å²) in [6, 6.07) is 28.4. The number of allylic oxidation sites excluding steroid dienone is 2. The third-order valence-corrected chi connectivity index (χ3v) is 12.9. The van der Waals surface area contributed by atoms with Gasteiger partial charge in [0.25, 0.3) is 5.91 Å². The Morgan fingerprint density at radius 2 is 1.34 bits per heavy atom. The zero-order chi connectivity index (χ0) is 42.7. The van der Waals surface area contributed by atoms with Crippen LogP contribution in [0.1, 0.15) is 59.3 Å². The SMILES string of the molecule is COC(=O)N[C@@H](C(=O)N1CC=C[C@H]1C1=NC=C(c2ccc(-c3cc4sc(C5=CN=C([C@@H]6CCCN6C(=O)[C@H](NC(=O)OC)c6ccccc6)C5)cc4o3)cc2)C1)c1ccccc1. The van der Waals surface area contributed by atoms with Gasteiger partial charge in [0.2, 0.25) is 5.91 Å². The van der Waals surface area contributed by atoms with Crippen molar-refractivity contribution in [3.8, 4) is 11.3 Å². The first-order valence-corrected chi connectivity index (χ1v) is 21.3. The number of furan rings is 1. The van der Waals surface area contributed by atoms with Gasteiger partial charge < -0.3 is 34.3 Å². The molecule has 4 atom stereocenters. The molecule has 0 spiro atoms. The Bertz CT molecular complexity index is 2650. The maximum absolute atomic E-state index is 14.0. The Labute approximate surface area is 362 Å². The molecular formula is C48H44N6O7S. The molecule has 4 aliphatic rings. The van der Waals surface area contributed by atoms with Crippen LogP contribution in [0.4, 0.5) is 9.59 Å². The summed E-state index contributed by atoms with van der Waals surface area (Å²) in [6.45, 7) is 0.990. The van der Waals surface area contributed by atoms with Crippen LogP contribution in [0.3, 0.4) is 0 Å². The number of thiophene rings is 1. The zero-order valence-electron chi connectivity index (χ0n) is 34.2. The van der Waals surface area contributed by atoms with Crippen LogP contribution in [0, 0.1) is 0 Å². The van der Waals surface area contributed by atoms with Gasteiger partial charge in [-0.25, -0.2) is 9.59 Å². The van der Waals surface area contributed by atoms with E-state index in [2.05, 4.69) is 34.9 Å². The molecule has 2 N–H and O–H groups in total. The molecule has 62 heavy (non-hydrogen) atoms. The molecule has 2 aromatic heterocycles. The second-order valence-corrected chi connectivity index (χ2v) is 16.5. The Morgan fingerprint density at radius 3 is 1.98 bits per heavy atom. The maximum atomic E-state index is 14.0. The number of rotatable bonds is 11. The molecular weight excluding hydrogens is 805 g/mol. The number of hydrogen-bond donors (Lipinski definition) is 2. The number of carbonyl (C=O) groups is 4. The van der Waals surface area contributed by atoms with Gasteiger partial charge in [0.05, 0.1) is 31.0 Å². The molecule has 314 valence electrons. The van der Waals surface area contributed by atoms with Gasteiger partial charge in [-0.2, -0.15) is 0 Å². The summed E-state index contributed by atoms with van der Waals surface area (Å²) in [5.74, 6) is 0.347. The standard InChI is InChI=1S/C48H44N6O7S/c1-59-47(57)51-43(31-11-5-3-6-12-31)45(55)53-21-9-15-37(53)35-23-33(27-49-35)29-17-19-30(20-18-29)39-25-42-40(61-39)26-41(62-42)34-24-36(50-28-34)38-16-10-22-54(38)46(56)44(52-48(58)60-2)32-13-7-4-8-14-32/h3-9,11-15,17-20,25-28,37-38,43-44H,10,16,21-24H2,1-2H3,(H,51,57)(H,52,58)/t37-,38-,43+,44+/m0/s1. The van der Waals surface area contributed by atoms with Crippen molar-refractivity contribution in [1.29, 1.82) is 0 Å². The summed E-state index contributed by atoms with van der Waals surface area (Å²) in [5, 5.41) is 5.43. The molecule has 9 rings (SSSR count). The molecule has 13 nitrogen and oxygen atoms in total. The van der Waals surface area contributed by atoms with Crippen molar-refractivity contribution < 1.29 is 33.1 Å². The van der Waals surface area contributed by atoms with Crippen LogP contribution >= 0.6 is 11.3 Å². The number of benzene rings is 3. The average molecular weight is 849 g/mol. The average Bonchev–Trinajstić information content (AvgIpc) is 4.17. The maximum Gasteiger partial charge on any atom is 0.407 e. The summed E-state index contributed by atoms with van der Waals surface area (Å²) in [5.41, 5.74) is 8.05. The Balaban J connectivity index is 0.821. The Morgan fingerprint density at radius 1 is 0.742 bits per heavy atom. The number of carbonyl (C=O) groups excluding carboxylic acids is 4. The third kappa shape index (κ3) is 8.08. The molecule has 0 bridgehead atoms. The predicted octanol–water partition coefficient (Wildman–Crippen LogP) is 8.49. The molecule has 0 aliphatic carbocycles. The number of alkyl carbamates (subject to hydrolysis) is 2. The lowest BCUT2D eigenvalue weighted by Crippen LogP contribution is -2.47. The van der Waals surface area contributed by atoms with E-state index in [0.29, 0.717) is 37.1 Å². The van der Waals surface area contributed by atoms with Crippen LogP contribution in [-0.2, 0) is 19.1 Å². The van der Waals surface area contributed by atoms with Crippen LogP contribution in [0.15, 0.2) is 136 Å². The summed E-state index contributed by atoms with van der Waals surface area (Å²) in [4.78, 5) is 66.6. The van der Waals surface area contributed by atoms with Crippen LogP contribution in [0.2, 0.25) is 0 Å². The Kier molecular flexibility index (Phi) is 11.4. The molecule has 5 aromatic rings. The predicted molar refractivity (Wildman–Crippen MR) is 238 cm³/mol. The van der Waals surface area contributed by atoms with Crippen LogP contribution in [0.25, 0.3) is 32.8 Å². The number of methoxy groups -OCH3 is 2. The smallest absolute Gasteiger partial charge is 0.407 e. The van der Waals surface area contributed by atoms with Crippen molar-refractivity contribution in [3.63, 3.8) is 0 Å². The number of hydrogen-bond acceptors (Lipinski definition) is 10. The first-order chi connectivity index (χ1) is 30.3. The van der Waals surface area contributed by atoms with Gasteiger partial charge in [-0.1, -0.05) is 97.1 Å². The molecule has 1 saturated heterocycles. The number of nitrogens with zero attached hydrogens (tertiary/aromatic N) is 4. The highest BCUT2D eigenvalue weighted by Gasteiger charge is 2.39. The monoisotopic (exact) mass is 848 g/mol. The molecule has 3 aromatic carbocycles. The molecule has 4 aliphatic heterocycles. The molecule has 0 radical (unpaired) electrons. The van der Waals surface area contributed by atoms with E-state index in [1.165, 1.54) is 14.2 Å². The van der Waals surface area contributed by atoms with E-state index in [4.69, 9.17) is 23.9 Å². The minimum atomic E-state index is -0.899. The summed E-state index contributed by atoms with van der Waals surface area (Å²) in [6.07, 6.45) is 9.22. The van der Waals surface area contributed by atoms with Crippen LogP contribution in [0.5, 0.6) is 0 Å². The fourth-order valence-electron chi connectivity index (χ4n) is 8.56. The number of likely N-dealkylation sites (tertiary alicyclic amines) is 1. The van der Waals surface area contributed by atoms with Crippen molar-refractivity contribution in [2.45, 2.75) is 49.9 Å². The quantitative estimate of drug-likeness (QED) is 0.126. The zero-order valence-corrected chi connectivity index (χ0v) is 35.0. The van der Waals surface area contributed by atoms with E-state index >= 15 is 0 Å². The van der Waals surface area contributed by atoms with Gasteiger partial charge in [-0.15, -0.1) is 11.3 Å². The number of ether oxygens (including phenoxy) is 2. The van der Waals surface area contributed by atoms with Crippen molar-refractivity contribution in [1.82, 2.24) is 20.4 Å². The number of nitrogens with one attached hydrogen (secondary N) is 2. The van der Waals surface area contributed by atoms with E-state index < -0.39 is 24.3 Å². The second-order valence-electron chi connectivity index (χ2n) is 15.4. The highest BCUT2D eigenvalue weighted by Crippen LogP contribution is 2.40. The Hall–Kier alpha value is -7.06. The second kappa shape index (κ2) is 17.5. The highest BCUT2D eigenvalue weighted by atomic mass is 32.1. The van der Waals surface area contributed by atoms with Gasteiger partial charge in [-0.3, -0.25) is 19.6 Å². The lowest BCUT2D eigenvalue weighted by Gasteiger charge is -2.29. The summed E-state index contributed by atoms with van der Waals surface area (Å²) >= 11 is 1.65. The van der Waals surface area contributed by atoms with Crippen molar-refractivity contribution in [2.75, 3.05) is 27.3 Å². The molecule has 14 heteroatoms. The van der Waals surface area contributed by atoms with E-state index in [1.54, 1.807) is 16.2 Å². The van der Waals surface area contributed by atoms with E-state index in [0.717, 1.165) is 67.5 Å². The lowest BCUT2D eigenvalue weighted by atomic mass is 9.98. The van der Waals surface area contributed by atoms with E-state index in [9.17, 15) is 19.2 Å². The minimum absolute atomic E-state index is 0.162. The van der Waals surface area contributed by atoms with Gasteiger partial charge in [-0.05, 0) is 46.7 Å². The van der Waals surface area contributed by atoms with E-state index in [1.807, 2.05) is 102 Å².